The van der Waals surface area contributed by atoms with Crippen molar-refractivity contribution in [2.75, 3.05) is 6.54 Å². The van der Waals surface area contributed by atoms with Crippen molar-refractivity contribution < 1.29 is 4.79 Å². The fourth-order valence-corrected chi connectivity index (χ4v) is 3.50. The molecular weight excluding hydrogens is 320 g/mol. The monoisotopic (exact) mass is 368 g/mol. The van der Waals surface area contributed by atoms with E-state index in [-0.39, 0.29) is 11.9 Å². The lowest BCUT2D eigenvalue weighted by atomic mass is 10.0. The molecule has 0 radical (unpaired) electrons. The summed E-state index contributed by atoms with van der Waals surface area (Å²) in [6.45, 7) is 5.06. The van der Waals surface area contributed by atoms with Crippen LogP contribution in [0.2, 0.25) is 0 Å². The predicted molar refractivity (Wildman–Crippen MR) is 115 cm³/mol. The highest BCUT2D eigenvalue weighted by Gasteiger charge is 2.06. The van der Waals surface area contributed by atoms with E-state index in [4.69, 9.17) is 5.73 Å². The molecule has 0 aromatic heterocycles. The Morgan fingerprint density at radius 1 is 0.731 bits per heavy atom. The third-order valence-corrected chi connectivity index (χ3v) is 5.26. The van der Waals surface area contributed by atoms with Crippen molar-refractivity contribution in [3.8, 4) is 0 Å². The number of carbonyl (C=O) groups is 1. The summed E-state index contributed by atoms with van der Waals surface area (Å²) in [6.07, 6.45) is 23.1. The highest BCUT2D eigenvalue weighted by atomic mass is 16.1. The molecule has 156 valence electrons. The van der Waals surface area contributed by atoms with Crippen LogP contribution >= 0.6 is 0 Å². The van der Waals surface area contributed by atoms with E-state index in [9.17, 15) is 4.79 Å². The van der Waals surface area contributed by atoms with Gasteiger partial charge in [-0.2, -0.15) is 0 Å². The number of unbranched alkanes of at least 4 members (excludes halogenated alkanes) is 14. The molecule has 0 fully saturated rings. The van der Waals surface area contributed by atoms with Gasteiger partial charge in [-0.15, -0.1) is 0 Å². The quantitative estimate of drug-likeness (QED) is 0.241. The Hall–Kier alpha value is -0.570. The van der Waals surface area contributed by atoms with E-state index in [0.717, 1.165) is 19.3 Å². The molecule has 0 saturated carbocycles. The van der Waals surface area contributed by atoms with E-state index in [1.165, 1.54) is 89.9 Å². The molecule has 3 N–H and O–H groups in total. The zero-order valence-corrected chi connectivity index (χ0v) is 18.0. The molecule has 0 heterocycles. The number of nitrogens with one attached hydrogen (secondary N) is 1. The second-order valence-electron chi connectivity index (χ2n) is 8.10. The van der Waals surface area contributed by atoms with Gasteiger partial charge in [0.2, 0.25) is 5.91 Å². The minimum Gasteiger partial charge on any atom is -0.354 e. The maximum atomic E-state index is 11.8. The third kappa shape index (κ3) is 19.8. The molecule has 0 spiro atoms. The van der Waals surface area contributed by atoms with Crippen LogP contribution in [0.3, 0.4) is 0 Å². The van der Waals surface area contributed by atoms with E-state index < -0.39 is 0 Å². The molecule has 0 bridgehead atoms. The van der Waals surface area contributed by atoms with Crippen LogP contribution < -0.4 is 11.1 Å². The van der Waals surface area contributed by atoms with Crippen molar-refractivity contribution in [2.24, 2.45) is 5.73 Å². The summed E-state index contributed by atoms with van der Waals surface area (Å²) in [6, 6.07) is 0.266. The Bertz CT molecular complexity index is 294. The molecule has 1 atom stereocenters. The van der Waals surface area contributed by atoms with Crippen molar-refractivity contribution in [2.45, 2.75) is 135 Å². The Morgan fingerprint density at radius 2 is 1.15 bits per heavy atom. The van der Waals surface area contributed by atoms with Crippen LogP contribution in [0.15, 0.2) is 0 Å². The molecule has 0 aliphatic rings. The summed E-state index contributed by atoms with van der Waals surface area (Å²) in [5, 5.41) is 3.07. The van der Waals surface area contributed by atoms with Crippen LogP contribution in [0, 0.1) is 0 Å². The summed E-state index contributed by atoms with van der Waals surface area (Å²) < 4.78 is 0. The smallest absolute Gasteiger partial charge is 0.220 e. The molecule has 1 amide bonds. The minimum atomic E-state index is 0.212. The van der Waals surface area contributed by atoms with Gasteiger partial charge >= 0.3 is 0 Å². The predicted octanol–water partition coefficient (Wildman–Crippen LogP) is 6.49. The van der Waals surface area contributed by atoms with Gasteiger partial charge in [-0.05, 0) is 32.7 Å². The lowest BCUT2D eigenvalue weighted by Gasteiger charge is -2.13. The van der Waals surface area contributed by atoms with Crippen molar-refractivity contribution in [1.82, 2.24) is 5.32 Å². The van der Waals surface area contributed by atoms with Gasteiger partial charge in [-0.1, -0.05) is 96.8 Å². The standard InChI is InChI=1S/C23H48N2O/c1-3-4-5-6-7-8-9-10-11-12-13-14-15-16-17-20-23(26)25-22(2)19-18-21-24/h22H,3-21,24H2,1-2H3,(H,25,26). The van der Waals surface area contributed by atoms with E-state index >= 15 is 0 Å². The second kappa shape index (κ2) is 20.7. The van der Waals surface area contributed by atoms with Crippen LogP contribution in [-0.2, 0) is 4.79 Å². The average molecular weight is 369 g/mol. The van der Waals surface area contributed by atoms with Gasteiger partial charge in [-0.3, -0.25) is 4.79 Å². The van der Waals surface area contributed by atoms with E-state index in [0.29, 0.717) is 13.0 Å². The number of rotatable bonds is 20. The normalized spacial score (nSPS) is 12.3. The number of amides is 1. The Morgan fingerprint density at radius 3 is 1.58 bits per heavy atom. The van der Waals surface area contributed by atoms with Crippen LogP contribution in [0.4, 0.5) is 0 Å². The van der Waals surface area contributed by atoms with Crippen molar-refractivity contribution in [3.63, 3.8) is 0 Å². The van der Waals surface area contributed by atoms with Gasteiger partial charge in [0.15, 0.2) is 0 Å². The molecular formula is C23H48N2O. The first-order valence-electron chi connectivity index (χ1n) is 11.7. The molecule has 1 unspecified atom stereocenters. The largest absolute Gasteiger partial charge is 0.354 e. The molecule has 0 aliphatic heterocycles. The van der Waals surface area contributed by atoms with Crippen LogP contribution in [0.25, 0.3) is 0 Å². The maximum absolute atomic E-state index is 11.8. The van der Waals surface area contributed by atoms with Crippen LogP contribution in [0.5, 0.6) is 0 Å². The van der Waals surface area contributed by atoms with E-state index in [1.54, 1.807) is 0 Å². The van der Waals surface area contributed by atoms with E-state index in [2.05, 4.69) is 19.2 Å². The maximum Gasteiger partial charge on any atom is 0.220 e. The Balaban J connectivity index is 3.18. The second-order valence-corrected chi connectivity index (χ2v) is 8.10. The number of hydrogen-bond acceptors (Lipinski definition) is 2. The molecule has 0 rings (SSSR count). The Labute approximate surface area is 164 Å². The van der Waals surface area contributed by atoms with Gasteiger partial charge in [0.05, 0.1) is 0 Å². The number of carbonyl (C=O) groups excluding carboxylic acids is 1. The molecule has 0 saturated heterocycles. The molecule has 0 aliphatic carbocycles. The van der Waals surface area contributed by atoms with Gasteiger partial charge in [0.25, 0.3) is 0 Å². The fourth-order valence-electron chi connectivity index (χ4n) is 3.50. The summed E-state index contributed by atoms with van der Waals surface area (Å²) in [5.41, 5.74) is 5.49. The van der Waals surface area contributed by atoms with Gasteiger partial charge in [0.1, 0.15) is 0 Å². The van der Waals surface area contributed by atoms with Crippen LogP contribution in [0.1, 0.15) is 129 Å². The van der Waals surface area contributed by atoms with Crippen molar-refractivity contribution in [1.29, 1.82) is 0 Å². The summed E-state index contributed by atoms with van der Waals surface area (Å²) >= 11 is 0. The topological polar surface area (TPSA) is 55.1 Å². The molecule has 3 heteroatoms. The minimum absolute atomic E-state index is 0.212. The van der Waals surface area contributed by atoms with Crippen molar-refractivity contribution >= 4 is 5.91 Å². The fraction of sp³-hybridized carbons (Fsp3) is 0.957. The highest BCUT2D eigenvalue weighted by Crippen LogP contribution is 2.13. The van der Waals surface area contributed by atoms with Gasteiger partial charge in [-0.25, -0.2) is 0 Å². The molecule has 3 nitrogen and oxygen atoms in total. The van der Waals surface area contributed by atoms with Gasteiger partial charge < -0.3 is 11.1 Å². The summed E-state index contributed by atoms with van der Waals surface area (Å²) in [7, 11) is 0. The zero-order valence-electron chi connectivity index (χ0n) is 18.0. The third-order valence-electron chi connectivity index (χ3n) is 5.26. The first-order valence-corrected chi connectivity index (χ1v) is 11.7. The Kier molecular flexibility index (Phi) is 20.3. The molecule has 0 aromatic rings. The average Bonchev–Trinajstić information content (AvgIpc) is 2.63. The first kappa shape index (κ1) is 25.4. The SMILES string of the molecule is CCCCCCCCCCCCCCCCCC(=O)NC(C)CCCN. The highest BCUT2D eigenvalue weighted by molar-refractivity contribution is 5.76. The zero-order chi connectivity index (χ0) is 19.3. The van der Waals surface area contributed by atoms with Crippen molar-refractivity contribution in [3.05, 3.63) is 0 Å². The molecule has 0 aromatic carbocycles. The number of hydrogen-bond donors (Lipinski definition) is 2. The van der Waals surface area contributed by atoms with Gasteiger partial charge in [0, 0.05) is 12.5 Å². The van der Waals surface area contributed by atoms with E-state index in [1.807, 2.05) is 0 Å². The van der Waals surface area contributed by atoms with Crippen LogP contribution in [-0.4, -0.2) is 18.5 Å². The number of nitrogens with two attached hydrogens (primary N) is 1. The lowest BCUT2D eigenvalue weighted by molar-refractivity contribution is -0.121. The summed E-state index contributed by atoms with van der Waals surface area (Å²) in [4.78, 5) is 11.8. The summed E-state index contributed by atoms with van der Waals surface area (Å²) in [5.74, 6) is 0.212. The first-order chi connectivity index (χ1) is 12.7. The molecule has 26 heavy (non-hydrogen) atoms. The lowest BCUT2D eigenvalue weighted by Crippen LogP contribution is -2.32.